The van der Waals surface area contributed by atoms with Crippen LogP contribution in [0.1, 0.15) is 49.5 Å². The van der Waals surface area contributed by atoms with E-state index in [2.05, 4.69) is 46.0 Å². The molecule has 1 aromatic carbocycles. The van der Waals surface area contributed by atoms with Gasteiger partial charge in [0.05, 0.1) is 25.3 Å². The van der Waals surface area contributed by atoms with Crippen LogP contribution in [0.2, 0.25) is 0 Å². The molecule has 2 heterocycles. The van der Waals surface area contributed by atoms with Crippen molar-refractivity contribution in [1.29, 1.82) is 0 Å². The Labute approximate surface area is 179 Å². The van der Waals surface area contributed by atoms with Gasteiger partial charge in [0.1, 0.15) is 11.6 Å². The number of hydrogen-bond acceptors (Lipinski definition) is 5. The number of guanidine groups is 1. The molecule has 0 amide bonds. The van der Waals surface area contributed by atoms with Crippen LogP contribution in [0.25, 0.3) is 0 Å². The molecule has 3 rings (SSSR count). The summed E-state index contributed by atoms with van der Waals surface area (Å²) in [5.41, 5.74) is 2.23. The minimum Gasteiger partial charge on any atom is -0.491 e. The van der Waals surface area contributed by atoms with Gasteiger partial charge in [-0.2, -0.15) is 0 Å². The first-order valence-corrected chi connectivity index (χ1v) is 10.7. The van der Waals surface area contributed by atoms with E-state index in [-0.39, 0.29) is 12.2 Å². The summed E-state index contributed by atoms with van der Waals surface area (Å²) in [6, 6.07) is 6.24. The highest BCUT2D eigenvalue weighted by Crippen LogP contribution is 2.22. The van der Waals surface area contributed by atoms with E-state index >= 15 is 0 Å². The molecule has 2 aromatic rings. The molecule has 0 spiro atoms. The zero-order valence-electron chi connectivity index (χ0n) is 18.7. The molecule has 1 unspecified atom stereocenters. The maximum Gasteiger partial charge on any atom is 0.192 e. The maximum atomic E-state index is 6.00. The van der Waals surface area contributed by atoms with Crippen molar-refractivity contribution in [2.24, 2.45) is 12.0 Å². The molecule has 30 heavy (non-hydrogen) atoms. The smallest absolute Gasteiger partial charge is 0.192 e. The Bertz CT molecular complexity index is 855. The maximum absolute atomic E-state index is 6.00. The van der Waals surface area contributed by atoms with Crippen LogP contribution in [0.5, 0.6) is 5.75 Å². The summed E-state index contributed by atoms with van der Waals surface area (Å²) in [5, 5.41) is 15.1. The van der Waals surface area contributed by atoms with Crippen LogP contribution >= 0.6 is 0 Å². The summed E-state index contributed by atoms with van der Waals surface area (Å²) in [7, 11) is 1.96. The molecule has 1 aliphatic heterocycles. The van der Waals surface area contributed by atoms with Crippen LogP contribution in [0.4, 0.5) is 0 Å². The van der Waals surface area contributed by atoms with Crippen molar-refractivity contribution in [3.8, 4) is 5.75 Å². The Morgan fingerprint density at radius 3 is 2.80 bits per heavy atom. The molecule has 8 heteroatoms. The Hall–Kier alpha value is -2.61. The highest BCUT2D eigenvalue weighted by molar-refractivity contribution is 5.79. The van der Waals surface area contributed by atoms with Gasteiger partial charge in [0.15, 0.2) is 11.8 Å². The monoisotopic (exact) mass is 414 g/mol. The second-order valence-electron chi connectivity index (χ2n) is 8.03. The molecule has 8 nitrogen and oxygen atoms in total. The molecule has 164 valence electrons. The van der Waals surface area contributed by atoms with Crippen LogP contribution in [0, 0.1) is 13.8 Å². The Balaban J connectivity index is 1.71. The fourth-order valence-corrected chi connectivity index (χ4v) is 3.28. The molecule has 0 saturated carbocycles. The molecule has 1 aromatic heterocycles. The first kappa shape index (κ1) is 22.1. The van der Waals surface area contributed by atoms with E-state index in [1.807, 2.05) is 32.4 Å². The number of aryl methyl sites for hydroxylation is 2. The Morgan fingerprint density at radius 2 is 2.13 bits per heavy atom. The van der Waals surface area contributed by atoms with Gasteiger partial charge in [-0.15, -0.1) is 10.2 Å². The van der Waals surface area contributed by atoms with Crippen LogP contribution in [0.15, 0.2) is 23.2 Å². The van der Waals surface area contributed by atoms with Gasteiger partial charge >= 0.3 is 0 Å². The average molecular weight is 415 g/mol. The third-order valence-electron chi connectivity index (χ3n) is 5.11. The predicted octanol–water partition coefficient (Wildman–Crippen LogP) is 2.63. The van der Waals surface area contributed by atoms with Crippen LogP contribution in [0.3, 0.4) is 0 Å². The largest absolute Gasteiger partial charge is 0.491 e. The number of benzene rings is 1. The van der Waals surface area contributed by atoms with Gasteiger partial charge in [0.25, 0.3) is 0 Å². The molecule has 0 aliphatic carbocycles. The highest BCUT2D eigenvalue weighted by Gasteiger charge is 2.16. The predicted molar refractivity (Wildman–Crippen MR) is 118 cm³/mol. The van der Waals surface area contributed by atoms with Crippen molar-refractivity contribution in [2.45, 2.75) is 65.8 Å². The number of aromatic nitrogens is 3. The minimum absolute atomic E-state index is 0.115. The summed E-state index contributed by atoms with van der Waals surface area (Å²) >= 11 is 0. The second kappa shape index (κ2) is 10.4. The van der Waals surface area contributed by atoms with Gasteiger partial charge < -0.3 is 24.7 Å². The number of aliphatic imine (C=N–C) groups is 1. The lowest BCUT2D eigenvalue weighted by atomic mass is 10.1. The van der Waals surface area contributed by atoms with Crippen LogP contribution in [-0.2, 0) is 24.9 Å². The van der Waals surface area contributed by atoms with Gasteiger partial charge in [0, 0.05) is 25.8 Å². The van der Waals surface area contributed by atoms with Crippen molar-refractivity contribution in [3.63, 3.8) is 0 Å². The standard InChI is InChI=1S/C22H34N6O2/c1-15(2)30-20-11-16(3)8-9-18(20)12-23-22(24-13-19-7-6-10-29-19)25-14-21-27-26-17(4)28(21)5/h8-9,11,15,19H,6-7,10,12-14H2,1-5H3,(H2,23,24,25). The quantitative estimate of drug-likeness (QED) is 0.510. The van der Waals surface area contributed by atoms with Crippen molar-refractivity contribution >= 4 is 5.96 Å². The van der Waals surface area contributed by atoms with Gasteiger partial charge in [-0.3, -0.25) is 0 Å². The van der Waals surface area contributed by atoms with Crippen LogP contribution in [-0.4, -0.2) is 46.1 Å². The van der Waals surface area contributed by atoms with Gasteiger partial charge in [-0.05, 0) is 52.2 Å². The Morgan fingerprint density at radius 1 is 1.30 bits per heavy atom. The van der Waals surface area contributed by atoms with E-state index in [4.69, 9.17) is 14.5 Å². The zero-order chi connectivity index (χ0) is 21.5. The number of nitrogens with one attached hydrogen (secondary N) is 2. The first-order chi connectivity index (χ1) is 14.4. The van der Waals surface area contributed by atoms with E-state index in [0.717, 1.165) is 54.9 Å². The van der Waals surface area contributed by atoms with Gasteiger partial charge in [-0.1, -0.05) is 12.1 Å². The first-order valence-electron chi connectivity index (χ1n) is 10.7. The molecule has 0 bridgehead atoms. The number of hydrogen-bond donors (Lipinski definition) is 2. The van der Waals surface area contributed by atoms with E-state index in [1.165, 1.54) is 5.56 Å². The fraction of sp³-hybridized carbons (Fsp3) is 0.591. The highest BCUT2D eigenvalue weighted by atomic mass is 16.5. The number of ether oxygens (including phenoxy) is 2. The van der Waals surface area contributed by atoms with E-state index in [0.29, 0.717) is 13.1 Å². The van der Waals surface area contributed by atoms with Crippen molar-refractivity contribution in [2.75, 3.05) is 13.2 Å². The normalized spacial score (nSPS) is 16.9. The van der Waals surface area contributed by atoms with E-state index in [1.54, 1.807) is 0 Å². The van der Waals surface area contributed by atoms with Crippen molar-refractivity contribution in [1.82, 2.24) is 25.4 Å². The molecule has 1 saturated heterocycles. The lowest BCUT2D eigenvalue weighted by Gasteiger charge is -2.17. The van der Waals surface area contributed by atoms with Crippen molar-refractivity contribution in [3.05, 3.63) is 41.0 Å². The molecule has 1 atom stereocenters. The van der Waals surface area contributed by atoms with Gasteiger partial charge in [-0.25, -0.2) is 4.99 Å². The number of rotatable bonds is 8. The van der Waals surface area contributed by atoms with E-state index < -0.39 is 0 Å². The molecule has 0 radical (unpaired) electrons. The molecule has 1 fully saturated rings. The SMILES string of the molecule is Cc1ccc(CN=C(NCc2nnc(C)n2C)NCC2CCCO2)c(OC(C)C)c1. The lowest BCUT2D eigenvalue weighted by molar-refractivity contribution is 0.113. The van der Waals surface area contributed by atoms with E-state index in [9.17, 15) is 0 Å². The minimum atomic E-state index is 0.115. The third-order valence-corrected chi connectivity index (χ3v) is 5.11. The van der Waals surface area contributed by atoms with Crippen molar-refractivity contribution < 1.29 is 9.47 Å². The fourth-order valence-electron chi connectivity index (χ4n) is 3.28. The molecular formula is C22H34N6O2. The Kier molecular flexibility index (Phi) is 7.68. The van der Waals surface area contributed by atoms with Gasteiger partial charge in [0.2, 0.25) is 0 Å². The molecule has 1 aliphatic rings. The summed E-state index contributed by atoms with van der Waals surface area (Å²) in [4.78, 5) is 4.81. The third kappa shape index (κ3) is 6.19. The molecular weight excluding hydrogens is 380 g/mol. The molecule has 2 N–H and O–H groups in total. The zero-order valence-corrected chi connectivity index (χ0v) is 18.7. The summed E-state index contributed by atoms with van der Waals surface area (Å²) < 4.78 is 13.7. The summed E-state index contributed by atoms with van der Waals surface area (Å²) in [6.45, 7) is 10.7. The number of nitrogens with zero attached hydrogens (tertiary/aromatic N) is 4. The topological polar surface area (TPSA) is 85.6 Å². The second-order valence-corrected chi connectivity index (χ2v) is 8.03. The lowest BCUT2D eigenvalue weighted by Crippen LogP contribution is -2.41. The average Bonchev–Trinajstić information content (AvgIpc) is 3.33. The van der Waals surface area contributed by atoms with Crippen LogP contribution < -0.4 is 15.4 Å². The summed E-state index contributed by atoms with van der Waals surface area (Å²) in [5.74, 6) is 3.35. The summed E-state index contributed by atoms with van der Waals surface area (Å²) in [6.07, 6.45) is 2.54.